The van der Waals surface area contributed by atoms with Gasteiger partial charge in [0.05, 0.1) is 21.1 Å². The highest BCUT2D eigenvalue weighted by Gasteiger charge is 2.17. The number of imidazole rings is 1. The number of hydrogen-bond acceptors (Lipinski definition) is 2. The highest BCUT2D eigenvalue weighted by Crippen LogP contribution is 2.26. The minimum Gasteiger partial charge on any atom is -0.338 e. The van der Waals surface area contributed by atoms with Gasteiger partial charge in [0.25, 0.3) is 0 Å². The third-order valence-corrected chi connectivity index (χ3v) is 4.02. The summed E-state index contributed by atoms with van der Waals surface area (Å²) >= 11 is 11.9. The van der Waals surface area contributed by atoms with Gasteiger partial charge in [-0.25, -0.2) is 4.98 Å². The van der Waals surface area contributed by atoms with Crippen molar-refractivity contribution in [2.45, 2.75) is 39.8 Å². The Morgan fingerprint density at radius 2 is 1.77 bits per heavy atom. The van der Waals surface area contributed by atoms with Crippen LogP contribution < -0.4 is 0 Å². The van der Waals surface area contributed by atoms with E-state index in [0.717, 1.165) is 5.52 Å². The second kappa shape index (κ2) is 6.71. The van der Waals surface area contributed by atoms with Crippen molar-refractivity contribution in [3.05, 3.63) is 34.1 Å². The zero-order valence-electron chi connectivity index (χ0n) is 13.0. The predicted molar refractivity (Wildman–Crippen MR) is 92.3 cm³/mol. The zero-order chi connectivity index (χ0) is 16.4. The molecule has 0 bridgehead atoms. The number of fused-ring (bicyclic) bond motifs is 1. The van der Waals surface area contributed by atoms with Crippen LogP contribution in [-0.2, 0) is 4.79 Å². The van der Waals surface area contributed by atoms with Crippen LogP contribution in [0.15, 0.2) is 18.2 Å². The normalized spacial score (nSPS) is 12.0. The fourth-order valence-corrected chi connectivity index (χ4v) is 2.77. The molecule has 0 unspecified atom stereocenters. The van der Waals surface area contributed by atoms with E-state index in [1.807, 2.05) is 32.6 Å². The van der Waals surface area contributed by atoms with Crippen LogP contribution >= 0.6 is 23.2 Å². The summed E-state index contributed by atoms with van der Waals surface area (Å²) in [6.45, 7) is 7.99. The summed E-state index contributed by atoms with van der Waals surface area (Å²) < 4.78 is 0. The molecular formula is C16H19Cl2N3O. The van der Waals surface area contributed by atoms with Crippen LogP contribution in [0.1, 0.15) is 33.5 Å². The van der Waals surface area contributed by atoms with E-state index in [4.69, 9.17) is 23.2 Å². The maximum Gasteiger partial charge on any atom is 0.247 e. The predicted octanol–water partition coefficient (Wildman–Crippen LogP) is 4.53. The second-order valence-electron chi connectivity index (χ2n) is 5.67. The molecule has 1 amide bonds. The minimum atomic E-state index is -0.0403. The molecule has 0 aliphatic rings. The number of benzene rings is 1. The average Bonchev–Trinajstić information content (AvgIpc) is 2.78. The Kier molecular flexibility index (Phi) is 5.14. The number of nitrogens with one attached hydrogen (secondary N) is 1. The van der Waals surface area contributed by atoms with Crippen molar-refractivity contribution in [2.24, 2.45) is 0 Å². The Hall–Kier alpha value is -1.52. The maximum absolute atomic E-state index is 12.3. The van der Waals surface area contributed by atoms with Gasteiger partial charge in [-0.3, -0.25) is 4.79 Å². The van der Waals surface area contributed by atoms with Crippen LogP contribution in [-0.4, -0.2) is 32.9 Å². The highest BCUT2D eigenvalue weighted by molar-refractivity contribution is 6.42. The third kappa shape index (κ3) is 3.62. The molecule has 0 spiro atoms. The molecule has 1 aromatic heterocycles. The summed E-state index contributed by atoms with van der Waals surface area (Å²) in [5.74, 6) is 0.552. The first kappa shape index (κ1) is 16.8. The summed E-state index contributed by atoms with van der Waals surface area (Å²) in [7, 11) is 0. The van der Waals surface area contributed by atoms with Gasteiger partial charge in [-0.15, -0.1) is 0 Å². The Balaban J connectivity index is 2.24. The second-order valence-corrected chi connectivity index (χ2v) is 6.49. The molecule has 4 nitrogen and oxygen atoms in total. The molecule has 1 N–H and O–H groups in total. The SMILES string of the molecule is CC(C)N(C(=O)/C=C/c1nc2cc(Cl)c(Cl)cc2[nH]1)C(C)C. The van der Waals surface area contributed by atoms with Gasteiger partial charge in [0.1, 0.15) is 5.82 Å². The number of aromatic nitrogens is 2. The van der Waals surface area contributed by atoms with Crippen LogP contribution in [0.2, 0.25) is 10.0 Å². The van der Waals surface area contributed by atoms with Crippen LogP contribution in [0.25, 0.3) is 17.1 Å². The quantitative estimate of drug-likeness (QED) is 0.832. The van der Waals surface area contributed by atoms with Crippen molar-refractivity contribution in [3.8, 4) is 0 Å². The molecule has 2 aromatic rings. The molecule has 2 rings (SSSR count). The number of amides is 1. The van der Waals surface area contributed by atoms with Crippen LogP contribution in [0, 0.1) is 0 Å². The van der Waals surface area contributed by atoms with Crippen molar-refractivity contribution in [3.63, 3.8) is 0 Å². The van der Waals surface area contributed by atoms with E-state index in [2.05, 4.69) is 9.97 Å². The standard InChI is InChI=1S/C16H19Cl2N3O/c1-9(2)21(10(3)4)16(22)6-5-15-19-13-7-11(17)12(18)8-14(13)20-15/h5-10H,1-4H3,(H,19,20)/b6-5+. The fraction of sp³-hybridized carbons (Fsp3) is 0.375. The van der Waals surface area contributed by atoms with E-state index in [1.54, 1.807) is 18.2 Å². The van der Waals surface area contributed by atoms with Crippen molar-refractivity contribution in [1.29, 1.82) is 0 Å². The molecule has 0 radical (unpaired) electrons. The molecule has 118 valence electrons. The topological polar surface area (TPSA) is 49.0 Å². The van der Waals surface area contributed by atoms with E-state index < -0.39 is 0 Å². The van der Waals surface area contributed by atoms with Crippen LogP contribution in [0.3, 0.4) is 0 Å². The van der Waals surface area contributed by atoms with E-state index in [9.17, 15) is 4.79 Å². The monoisotopic (exact) mass is 339 g/mol. The Morgan fingerprint density at radius 3 is 2.36 bits per heavy atom. The van der Waals surface area contributed by atoms with Gasteiger partial charge in [-0.05, 0) is 45.9 Å². The summed E-state index contributed by atoms with van der Waals surface area (Å²) in [6.07, 6.45) is 3.20. The number of carbonyl (C=O) groups excluding carboxylic acids is 1. The van der Waals surface area contributed by atoms with E-state index in [1.165, 1.54) is 6.08 Å². The lowest BCUT2D eigenvalue weighted by atomic mass is 10.2. The first-order chi connectivity index (χ1) is 10.3. The maximum atomic E-state index is 12.3. The summed E-state index contributed by atoms with van der Waals surface area (Å²) in [4.78, 5) is 21.6. The Bertz CT molecular complexity index is 672. The third-order valence-electron chi connectivity index (χ3n) is 3.29. The molecule has 0 aliphatic carbocycles. The Morgan fingerprint density at radius 1 is 1.18 bits per heavy atom. The smallest absolute Gasteiger partial charge is 0.247 e. The number of aromatic amines is 1. The molecule has 0 atom stereocenters. The van der Waals surface area contributed by atoms with Crippen molar-refractivity contribution in [2.75, 3.05) is 0 Å². The molecule has 22 heavy (non-hydrogen) atoms. The first-order valence-corrected chi connectivity index (χ1v) is 7.90. The molecule has 0 saturated heterocycles. The Labute approximate surface area is 140 Å². The summed E-state index contributed by atoms with van der Waals surface area (Å²) in [6, 6.07) is 3.71. The zero-order valence-corrected chi connectivity index (χ0v) is 14.5. The number of rotatable bonds is 4. The molecule has 0 aliphatic heterocycles. The molecular weight excluding hydrogens is 321 g/mol. The van der Waals surface area contributed by atoms with Gasteiger partial charge in [0.15, 0.2) is 0 Å². The number of carbonyl (C=O) groups is 1. The van der Waals surface area contributed by atoms with Gasteiger partial charge >= 0.3 is 0 Å². The highest BCUT2D eigenvalue weighted by atomic mass is 35.5. The molecule has 0 saturated carbocycles. The minimum absolute atomic E-state index is 0.0403. The van der Waals surface area contributed by atoms with Crippen molar-refractivity contribution in [1.82, 2.24) is 14.9 Å². The molecule has 0 fully saturated rings. The fourth-order valence-electron chi connectivity index (χ4n) is 2.45. The van der Waals surface area contributed by atoms with E-state index >= 15 is 0 Å². The van der Waals surface area contributed by atoms with Crippen LogP contribution in [0.5, 0.6) is 0 Å². The van der Waals surface area contributed by atoms with E-state index in [-0.39, 0.29) is 18.0 Å². The summed E-state index contributed by atoms with van der Waals surface area (Å²) in [5, 5.41) is 0.924. The van der Waals surface area contributed by atoms with Crippen molar-refractivity contribution >= 4 is 46.2 Å². The van der Waals surface area contributed by atoms with Gasteiger partial charge < -0.3 is 9.88 Å². The lowest BCUT2D eigenvalue weighted by Crippen LogP contribution is -2.41. The van der Waals surface area contributed by atoms with Gasteiger partial charge in [0, 0.05) is 18.2 Å². The summed E-state index contributed by atoms with van der Waals surface area (Å²) in [5.41, 5.74) is 1.50. The number of H-pyrrole nitrogens is 1. The van der Waals surface area contributed by atoms with Gasteiger partial charge in [-0.2, -0.15) is 0 Å². The largest absolute Gasteiger partial charge is 0.338 e. The molecule has 1 aromatic carbocycles. The van der Waals surface area contributed by atoms with Crippen molar-refractivity contribution < 1.29 is 4.79 Å². The molecule has 1 heterocycles. The average molecular weight is 340 g/mol. The first-order valence-electron chi connectivity index (χ1n) is 7.14. The van der Waals surface area contributed by atoms with Gasteiger partial charge in [-0.1, -0.05) is 23.2 Å². The number of hydrogen-bond donors (Lipinski definition) is 1. The lowest BCUT2D eigenvalue weighted by molar-refractivity contribution is -0.129. The number of halogens is 2. The van der Waals surface area contributed by atoms with Crippen LogP contribution in [0.4, 0.5) is 0 Å². The lowest BCUT2D eigenvalue weighted by Gasteiger charge is -2.29. The van der Waals surface area contributed by atoms with E-state index in [0.29, 0.717) is 21.4 Å². The molecule has 6 heteroatoms. The van der Waals surface area contributed by atoms with Gasteiger partial charge in [0.2, 0.25) is 5.91 Å². The number of nitrogens with zero attached hydrogens (tertiary/aromatic N) is 2.